The molecule has 0 heterocycles. The van der Waals surface area contributed by atoms with Crippen LogP contribution in [0.2, 0.25) is 0 Å². The molecule has 0 fully saturated rings. The first-order chi connectivity index (χ1) is 8.57. The maximum atomic E-state index is 11.1. The zero-order valence-electron chi connectivity index (χ0n) is 9.79. The quantitative estimate of drug-likeness (QED) is 0.464. The molecule has 1 N–H and O–H groups in total. The Kier molecular flexibility index (Phi) is 5.60. The minimum absolute atomic E-state index is 0.229. The van der Waals surface area contributed by atoms with Gasteiger partial charge < -0.3 is 9.84 Å². The molecule has 1 aromatic carbocycles. The van der Waals surface area contributed by atoms with Gasteiger partial charge in [0, 0.05) is 24.7 Å². The number of thioether (sulfide) groups is 1. The standard InChI is InChI=1S/C11H13NO5S/c1-17-5-6-18-7-8-3-2-4-9(12(15)16)10(8)11(13)14/h2-4H,5-7H2,1H3,(H,13,14). The van der Waals surface area contributed by atoms with Gasteiger partial charge in [0.2, 0.25) is 0 Å². The number of carbonyl (C=O) groups is 1. The normalized spacial score (nSPS) is 10.3. The maximum Gasteiger partial charge on any atom is 0.343 e. The number of nitrogens with zero attached hydrogens (tertiary/aromatic N) is 1. The van der Waals surface area contributed by atoms with Crippen LogP contribution in [0.1, 0.15) is 15.9 Å². The van der Waals surface area contributed by atoms with Crippen LogP contribution in [0.15, 0.2) is 18.2 Å². The van der Waals surface area contributed by atoms with E-state index >= 15 is 0 Å². The van der Waals surface area contributed by atoms with Crippen molar-refractivity contribution < 1.29 is 19.6 Å². The van der Waals surface area contributed by atoms with E-state index in [1.807, 2.05) is 0 Å². The Balaban J connectivity index is 2.93. The number of hydrogen-bond donors (Lipinski definition) is 1. The Morgan fingerprint density at radius 3 is 2.83 bits per heavy atom. The molecule has 6 nitrogen and oxygen atoms in total. The lowest BCUT2D eigenvalue weighted by atomic mass is 10.1. The van der Waals surface area contributed by atoms with Gasteiger partial charge in [-0.1, -0.05) is 12.1 Å². The fourth-order valence-corrected chi connectivity index (χ4v) is 2.32. The minimum atomic E-state index is -1.27. The molecule has 0 saturated carbocycles. The molecule has 0 saturated heterocycles. The first-order valence-corrected chi connectivity index (χ1v) is 6.29. The van der Waals surface area contributed by atoms with E-state index in [0.29, 0.717) is 23.7 Å². The SMILES string of the molecule is COCCSCc1cccc([N+](=O)[O-])c1C(=O)O. The molecule has 0 aliphatic heterocycles. The number of benzene rings is 1. The van der Waals surface area contributed by atoms with Crippen LogP contribution in [0.5, 0.6) is 0 Å². The van der Waals surface area contributed by atoms with Crippen molar-refractivity contribution in [2.45, 2.75) is 5.75 Å². The van der Waals surface area contributed by atoms with Gasteiger partial charge in [-0.05, 0) is 5.56 Å². The highest BCUT2D eigenvalue weighted by atomic mass is 32.2. The summed E-state index contributed by atoms with van der Waals surface area (Å²) >= 11 is 1.47. The molecule has 0 amide bonds. The highest BCUT2D eigenvalue weighted by Crippen LogP contribution is 2.25. The number of carboxylic acid groups (broad SMARTS) is 1. The monoisotopic (exact) mass is 271 g/mol. The van der Waals surface area contributed by atoms with Gasteiger partial charge in [-0.15, -0.1) is 0 Å². The van der Waals surface area contributed by atoms with Crippen LogP contribution in [-0.4, -0.2) is 35.5 Å². The summed E-state index contributed by atoms with van der Waals surface area (Å²) in [6.45, 7) is 0.558. The molecule has 0 atom stereocenters. The van der Waals surface area contributed by atoms with Crippen molar-refractivity contribution >= 4 is 23.4 Å². The van der Waals surface area contributed by atoms with Gasteiger partial charge in [0.05, 0.1) is 11.5 Å². The third-order valence-corrected chi connectivity index (χ3v) is 3.20. The van der Waals surface area contributed by atoms with Gasteiger partial charge in [-0.25, -0.2) is 4.79 Å². The van der Waals surface area contributed by atoms with Crippen molar-refractivity contribution in [1.82, 2.24) is 0 Å². The molecule has 18 heavy (non-hydrogen) atoms. The average molecular weight is 271 g/mol. The zero-order valence-corrected chi connectivity index (χ0v) is 10.6. The lowest BCUT2D eigenvalue weighted by Gasteiger charge is -2.06. The molecule has 1 rings (SSSR count). The lowest BCUT2D eigenvalue weighted by molar-refractivity contribution is -0.385. The molecule has 0 radical (unpaired) electrons. The summed E-state index contributed by atoms with van der Waals surface area (Å²) in [5.41, 5.74) is -0.141. The number of nitro groups is 1. The predicted molar refractivity (Wildman–Crippen MR) is 68.1 cm³/mol. The second-order valence-electron chi connectivity index (χ2n) is 3.42. The number of aromatic carboxylic acids is 1. The molecule has 0 aromatic heterocycles. The van der Waals surface area contributed by atoms with E-state index in [1.165, 1.54) is 23.9 Å². The predicted octanol–water partition coefficient (Wildman–Crippen LogP) is 2.17. The Morgan fingerprint density at radius 2 is 2.28 bits per heavy atom. The molecule has 1 aromatic rings. The largest absolute Gasteiger partial charge is 0.477 e. The van der Waals surface area contributed by atoms with E-state index in [2.05, 4.69) is 0 Å². The third-order valence-electron chi connectivity index (χ3n) is 2.23. The molecule has 0 aliphatic carbocycles. The lowest BCUT2D eigenvalue weighted by Crippen LogP contribution is -2.07. The summed E-state index contributed by atoms with van der Waals surface area (Å²) in [7, 11) is 1.58. The second-order valence-corrected chi connectivity index (χ2v) is 4.52. The zero-order chi connectivity index (χ0) is 13.5. The Labute approximate surface area is 108 Å². The summed E-state index contributed by atoms with van der Waals surface area (Å²) in [5, 5.41) is 19.8. The van der Waals surface area contributed by atoms with Crippen LogP contribution in [0.3, 0.4) is 0 Å². The summed E-state index contributed by atoms with van der Waals surface area (Å²) in [4.78, 5) is 21.2. The van der Waals surface area contributed by atoms with Gasteiger partial charge in [0.15, 0.2) is 0 Å². The van der Waals surface area contributed by atoms with Gasteiger partial charge in [0.1, 0.15) is 5.56 Å². The van der Waals surface area contributed by atoms with Crippen LogP contribution in [-0.2, 0) is 10.5 Å². The highest BCUT2D eigenvalue weighted by molar-refractivity contribution is 7.98. The van der Waals surface area contributed by atoms with Crippen molar-refractivity contribution in [1.29, 1.82) is 0 Å². The molecule has 7 heteroatoms. The van der Waals surface area contributed by atoms with Crippen molar-refractivity contribution in [2.75, 3.05) is 19.5 Å². The number of rotatable bonds is 7. The first-order valence-electron chi connectivity index (χ1n) is 5.14. The second kappa shape index (κ2) is 6.97. The molecule has 98 valence electrons. The molecule has 0 spiro atoms. The fourth-order valence-electron chi connectivity index (χ4n) is 1.43. The molecule has 0 aliphatic rings. The van der Waals surface area contributed by atoms with E-state index in [-0.39, 0.29) is 11.3 Å². The van der Waals surface area contributed by atoms with Crippen LogP contribution in [0, 0.1) is 10.1 Å². The Morgan fingerprint density at radius 1 is 1.56 bits per heavy atom. The summed E-state index contributed by atoms with van der Waals surface area (Å²) in [5.74, 6) is -0.157. The van der Waals surface area contributed by atoms with Crippen molar-refractivity contribution in [3.05, 3.63) is 39.4 Å². The Bertz CT molecular complexity index is 449. The third kappa shape index (κ3) is 3.71. The van der Waals surface area contributed by atoms with Crippen LogP contribution < -0.4 is 0 Å². The van der Waals surface area contributed by atoms with Crippen molar-refractivity contribution in [3.63, 3.8) is 0 Å². The highest BCUT2D eigenvalue weighted by Gasteiger charge is 2.22. The molecular weight excluding hydrogens is 258 g/mol. The van der Waals surface area contributed by atoms with Gasteiger partial charge >= 0.3 is 5.97 Å². The fraction of sp³-hybridized carbons (Fsp3) is 0.364. The van der Waals surface area contributed by atoms with Gasteiger partial charge in [0.25, 0.3) is 5.69 Å². The Hall–Kier alpha value is -1.60. The van der Waals surface area contributed by atoms with Crippen LogP contribution in [0.25, 0.3) is 0 Å². The summed E-state index contributed by atoms with van der Waals surface area (Å²) < 4.78 is 4.87. The smallest absolute Gasteiger partial charge is 0.343 e. The summed E-state index contributed by atoms with van der Waals surface area (Å²) in [6.07, 6.45) is 0. The number of carboxylic acids is 1. The van der Waals surface area contributed by atoms with Crippen molar-refractivity contribution in [2.24, 2.45) is 0 Å². The van der Waals surface area contributed by atoms with E-state index in [4.69, 9.17) is 9.84 Å². The van der Waals surface area contributed by atoms with E-state index in [1.54, 1.807) is 13.2 Å². The summed E-state index contributed by atoms with van der Waals surface area (Å²) in [6, 6.07) is 4.29. The minimum Gasteiger partial charge on any atom is -0.477 e. The average Bonchev–Trinajstić information content (AvgIpc) is 2.33. The van der Waals surface area contributed by atoms with E-state index < -0.39 is 10.9 Å². The van der Waals surface area contributed by atoms with Crippen molar-refractivity contribution in [3.8, 4) is 0 Å². The van der Waals surface area contributed by atoms with Crippen LogP contribution >= 0.6 is 11.8 Å². The number of ether oxygens (including phenoxy) is 1. The molecule has 0 unspecified atom stereocenters. The van der Waals surface area contributed by atoms with E-state index in [0.717, 1.165) is 0 Å². The molecular formula is C11H13NO5S. The van der Waals surface area contributed by atoms with Crippen LogP contribution in [0.4, 0.5) is 5.69 Å². The maximum absolute atomic E-state index is 11.1. The van der Waals surface area contributed by atoms with E-state index in [9.17, 15) is 14.9 Å². The molecule has 0 bridgehead atoms. The number of nitro benzene ring substituents is 1. The van der Waals surface area contributed by atoms with Gasteiger partial charge in [-0.2, -0.15) is 11.8 Å². The topological polar surface area (TPSA) is 89.7 Å². The van der Waals surface area contributed by atoms with Gasteiger partial charge in [-0.3, -0.25) is 10.1 Å². The number of methoxy groups -OCH3 is 1. The first kappa shape index (κ1) is 14.5. The number of hydrogen-bond acceptors (Lipinski definition) is 5.